The van der Waals surface area contributed by atoms with E-state index in [2.05, 4.69) is 29.8 Å². The monoisotopic (exact) mass is 319 g/mol. The van der Waals surface area contributed by atoms with Gasteiger partial charge < -0.3 is 5.11 Å². The third kappa shape index (κ3) is 4.08. The van der Waals surface area contributed by atoms with Crippen LogP contribution in [-0.4, -0.2) is 5.11 Å². The molecule has 0 saturated heterocycles. The van der Waals surface area contributed by atoms with Gasteiger partial charge in [0.1, 0.15) is 11.8 Å². The van der Waals surface area contributed by atoms with Gasteiger partial charge in [-0.1, -0.05) is 54.0 Å². The largest absolute Gasteiger partial charge is 0.508 e. The molecule has 3 aromatic rings. The molecule has 0 unspecified atom stereocenters. The van der Waals surface area contributed by atoms with E-state index in [4.69, 9.17) is 5.26 Å². The van der Waals surface area contributed by atoms with Gasteiger partial charge in [0.25, 0.3) is 0 Å². The lowest BCUT2D eigenvalue weighted by atomic mass is 10.1. The van der Waals surface area contributed by atoms with Crippen LogP contribution in [0.1, 0.15) is 27.8 Å². The van der Waals surface area contributed by atoms with E-state index in [-0.39, 0.29) is 5.75 Å². The van der Waals surface area contributed by atoms with Crippen LogP contribution in [0.15, 0.2) is 72.8 Å². The Morgan fingerprint density at radius 2 is 1.12 bits per heavy atom. The van der Waals surface area contributed by atoms with Crippen molar-refractivity contribution in [3.05, 3.63) is 101 Å². The molecule has 1 N–H and O–H groups in total. The van der Waals surface area contributed by atoms with Crippen molar-refractivity contribution in [3.8, 4) is 35.5 Å². The summed E-state index contributed by atoms with van der Waals surface area (Å²) in [6.07, 6.45) is 0. The molecule has 116 valence electrons. The Bertz CT molecular complexity index is 1080. The maximum atomic E-state index is 9.51. The predicted octanol–water partition coefficient (Wildman–Crippen LogP) is 4.06. The van der Waals surface area contributed by atoms with Gasteiger partial charge in [0.05, 0.1) is 5.56 Å². The van der Waals surface area contributed by atoms with Gasteiger partial charge in [-0.15, -0.1) is 0 Å². The van der Waals surface area contributed by atoms with Crippen molar-refractivity contribution >= 4 is 0 Å². The van der Waals surface area contributed by atoms with Crippen molar-refractivity contribution < 1.29 is 5.11 Å². The molecule has 0 amide bonds. The van der Waals surface area contributed by atoms with Gasteiger partial charge in [-0.25, -0.2) is 0 Å². The first-order valence-corrected chi connectivity index (χ1v) is 7.67. The molecule has 3 aromatic carbocycles. The minimum absolute atomic E-state index is 0.188. The lowest BCUT2D eigenvalue weighted by Crippen LogP contribution is -1.85. The third-order valence-electron chi connectivity index (χ3n) is 3.49. The van der Waals surface area contributed by atoms with E-state index < -0.39 is 0 Å². The molecule has 0 aliphatic rings. The maximum Gasteiger partial charge on any atom is 0.116 e. The molecule has 0 aliphatic heterocycles. The minimum atomic E-state index is 0.188. The van der Waals surface area contributed by atoms with Gasteiger partial charge in [0.2, 0.25) is 0 Å². The third-order valence-corrected chi connectivity index (χ3v) is 3.49. The molecule has 0 bridgehead atoms. The quantitative estimate of drug-likeness (QED) is 0.635. The number of aromatic hydroxyl groups is 1. The van der Waals surface area contributed by atoms with Crippen molar-refractivity contribution in [2.24, 2.45) is 0 Å². The van der Waals surface area contributed by atoms with Gasteiger partial charge in [-0.2, -0.15) is 5.26 Å². The molecular formula is C23H13NO. The Labute approximate surface area is 147 Å². The first kappa shape index (κ1) is 15.9. The molecule has 2 nitrogen and oxygen atoms in total. The SMILES string of the molecule is N#Cc1ccccc1C#Cc1ccccc1C#Cc1cccc(O)c1. The summed E-state index contributed by atoms with van der Waals surface area (Å²) in [5.41, 5.74) is 3.58. The van der Waals surface area contributed by atoms with Crippen molar-refractivity contribution in [3.63, 3.8) is 0 Å². The smallest absolute Gasteiger partial charge is 0.116 e. The van der Waals surface area contributed by atoms with Crippen LogP contribution >= 0.6 is 0 Å². The highest BCUT2D eigenvalue weighted by molar-refractivity contribution is 5.56. The molecule has 0 aromatic heterocycles. The van der Waals surface area contributed by atoms with Crippen molar-refractivity contribution in [2.75, 3.05) is 0 Å². The number of rotatable bonds is 0. The Balaban J connectivity index is 1.96. The molecule has 0 atom stereocenters. The summed E-state index contributed by atoms with van der Waals surface area (Å²) in [5, 5.41) is 18.7. The summed E-state index contributed by atoms with van der Waals surface area (Å²) in [6, 6.07) is 23.8. The molecule has 0 fully saturated rings. The molecule has 25 heavy (non-hydrogen) atoms. The lowest BCUT2D eigenvalue weighted by molar-refractivity contribution is 0.475. The number of hydrogen-bond acceptors (Lipinski definition) is 2. The van der Waals surface area contributed by atoms with Crippen molar-refractivity contribution in [1.29, 1.82) is 5.26 Å². The standard InChI is InChI=1S/C23H13NO/c24-17-22-10-4-3-9-21(22)15-14-20-8-2-1-7-19(20)13-12-18-6-5-11-23(25)16-18/h1-11,16,25H. The summed E-state index contributed by atoms with van der Waals surface area (Å²) in [5.74, 6) is 12.5. The molecule has 0 heterocycles. The van der Waals surface area contributed by atoms with Crippen LogP contribution in [0.2, 0.25) is 0 Å². The fraction of sp³-hybridized carbons (Fsp3) is 0. The number of hydrogen-bond donors (Lipinski definition) is 1. The first-order chi connectivity index (χ1) is 12.3. The van der Waals surface area contributed by atoms with Crippen molar-refractivity contribution in [2.45, 2.75) is 0 Å². The zero-order chi connectivity index (χ0) is 17.5. The van der Waals surface area contributed by atoms with E-state index in [1.165, 1.54) is 0 Å². The zero-order valence-corrected chi connectivity index (χ0v) is 13.3. The first-order valence-electron chi connectivity index (χ1n) is 7.67. The van der Waals surface area contributed by atoms with Crippen LogP contribution in [0.25, 0.3) is 0 Å². The van der Waals surface area contributed by atoms with Crippen LogP contribution in [0.3, 0.4) is 0 Å². The topological polar surface area (TPSA) is 44.0 Å². The summed E-state index contributed by atoms with van der Waals surface area (Å²) >= 11 is 0. The van der Waals surface area contributed by atoms with Gasteiger partial charge >= 0.3 is 0 Å². The zero-order valence-electron chi connectivity index (χ0n) is 13.3. The van der Waals surface area contributed by atoms with E-state index >= 15 is 0 Å². The number of phenols is 1. The summed E-state index contributed by atoms with van der Waals surface area (Å²) in [6.45, 7) is 0. The fourth-order valence-electron chi connectivity index (χ4n) is 2.25. The number of phenolic OH excluding ortho intramolecular Hbond substituents is 1. The maximum absolute atomic E-state index is 9.51. The van der Waals surface area contributed by atoms with Crippen molar-refractivity contribution in [1.82, 2.24) is 0 Å². The summed E-state index contributed by atoms with van der Waals surface area (Å²) < 4.78 is 0. The molecule has 0 spiro atoms. The van der Waals surface area contributed by atoms with Crippen LogP contribution < -0.4 is 0 Å². The number of benzene rings is 3. The molecule has 3 rings (SSSR count). The lowest BCUT2D eigenvalue weighted by Gasteiger charge is -1.97. The molecule has 0 aliphatic carbocycles. The second-order valence-corrected chi connectivity index (χ2v) is 5.25. The highest BCUT2D eigenvalue weighted by atomic mass is 16.3. The molecular weight excluding hydrogens is 306 g/mol. The number of nitrogens with zero attached hydrogens (tertiary/aromatic N) is 1. The Morgan fingerprint density at radius 1 is 0.600 bits per heavy atom. The van der Waals surface area contributed by atoms with E-state index in [9.17, 15) is 5.11 Å². The highest BCUT2D eigenvalue weighted by Crippen LogP contribution is 2.11. The van der Waals surface area contributed by atoms with Gasteiger partial charge in [-0.3, -0.25) is 0 Å². The summed E-state index contributed by atoms with van der Waals surface area (Å²) in [4.78, 5) is 0. The van der Waals surface area contributed by atoms with Gasteiger partial charge in [0.15, 0.2) is 0 Å². The van der Waals surface area contributed by atoms with Crippen LogP contribution in [-0.2, 0) is 0 Å². The average molecular weight is 319 g/mol. The minimum Gasteiger partial charge on any atom is -0.508 e. The predicted molar refractivity (Wildman–Crippen MR) is 97.7 cm³/mol. The molecule has 0 radical (unpaired) electrons. The fourth-order valence-corrected chi connectivity index (χ4v) is 2.25. The van der Waals surface area contributed by atoms with Crippen LogP contribution in [0.5, 0.6) is 5.75 Å². The number of nitriles is 1. The van der Waals surface area contributed by atoms with Gasteiger partial charge in [-0.05, 0) is 42.5 Å². The molecule has 0 saturated carbocycles. The van der Waals surface area contributed by atoms with E-state index in [1.54, 1.807) is 24.3 Å². The Kier molecular flexibility index (Phi) is 4.82. The second-order valence-electron chi connectivity index (χ2n) is 5.25. The Morgan fingerprint density at radius 3 is 1.68 bits per heavy atom. The second kappa shape index (κ2) is 7.56. The van der Waals surface area contributed by atoms with E-state index in [0.717, 1.165) is 16.7 Å². The normalized spacial score (nSPS) is 9.08. The summed E-state index contributed by atoms with van der Waals surface area (Å²) in [7, 11) is 0. The highest BCUT2D eigenvalue weighted by Gasteiger charge is 1.98. The van der Waals surface area contributed by atoms with E-state index in [0.29, 0.717) is 11.1 Å². The van der Waals surface area contributed by atoms with Crippen LogP contribution in [0, 0.1) is 35.0 Å². The molecule has 2 heteroatoms. The van der Waals surface area contributed by atoms with E-state index in [1.807, 2.05) is 48.5 Å². The van der Waals surface area contributed by atoms with Crippen LogP contribution in [0.4, 0.5) is 0 Å². The Hall–Kier alpha value is -3.93. The van der Waals surface area contributed by atoms with Gasteiger partial charge in [0, 0.05) is 22.3 Å². The average Bonchev–Trinajstić information content (AvgIpc) is 2.65.